The van der Waals surface area contributed by atoms with Crippen molar-refractivity contribution in [2.24, 2.45) is 0 Å². The molecular weight excluding hydrogens is 480 g/mol. The topological polar surface area (TPSA) is 91.4 Å². The highest BCUT2D eigenvalue weighted by Crippen LogP contribution is 2.39. The SMILES string of the molecule is CCCc1nn(-c2ccc(C)cc2C)c([O-])c1C1=C([n+]2ccccc2)C(=O)N(c2ccc(OC)cc2)C1=O. The second-order valence-corrected chi connectivity index (χ2v) is 9.23. The smallest absolute Gasteiger partial charge is 0.331 e. The Morgan fingerprint density at radius 2 is 1.68 bits per heavy atom. The third kappa shape index (κ3) is 4.14. The molecule has 0 saturated carbocycles. The van der Waals surface area contributed by atoms with Gasteiger partial charge in [-0.1, -0.05) is 37.1 Å². The summed E-state index contributed by atoms with van der Waals surface area (Å²) in [6, 6.07) is 17.8. The van der Waals surface area contributed by atoms with Crippen molar-refractivity contribution in [3.8, 4) is 17.3 Å². The van der Waals surface area contributed by atoms with Gasteiger partial charge in [-0.2, -0.15) is 9.67 Å². The molecule has 0 unspecified atom stereocenters. The Hall–Kier alpha value is -4.72. The maximum absolute atomic E-state index is 14.0. The maximum Gasteiger partial charge on any atom is 0.331 e. The van der Waals surface area contributed by atoms with Crippen LogP contribution in [0.1, 0.15) is 35.7 Å². The predicted molar refractivity (Wildman–Crippen MR) is 142 cm³/mol. The van der Waals surface area contributed by atoms with Crippen LogP contribution in [0.3, 0.4) is 0 Å². The molecule has 0 spiro atoms. The lowest BCUT2D eigenvalue weighted by Crippen LogP contribution is -2.39. The van der Waals surface area contributed by atoms with Crippen LogP contribution in [0.5, 0.6) is 11.6 Å². The molecule has 8 nitrogen and oxygen atoms in total. The lowest BCUT2D eigenvalue weighted by Gasteiger charge is -2.17. The van der Waals surface area contributed by atoms with Gasteiger partial charge < -0.3 is 9.84 Å². The fourth-order valence-electron chi connectivity index (χ4n) is 4.81. The van der Waals surface area contributed by atoms with Gasteiger partial charge in [0.2, 0.25) is 0 Å². The van der Waals surface area contributed by atoms with E-state index in [0.717, 1.165) is 16.0 Å². The first-order valence-electron chi connectivity index (χ1n) is 12.5. The number of methoxy groups -OCH3 is 1. The number of pyridine rings is 1. The quantitative estimate of drug-likeness (QED) is 0.280. The van der Waals surface area contributed by atoms with Crippen molar-refractivity contribution in [1.29, 1.82) is 0 Å². The molecule has 0 saturated heterocycles. The highest BCUT2D eigenvalue weighted by atomic mass is 16.5. The molecule has 0 radical (unpaired) electrons. The fourth-order valence-corrected chi connectivity index (χ4v) is 4.81. The van der Waals surface area contributed by atoms with Crippen LogP contribution in [0.25, 0.3) is 17.0 Å². The number of nitrogens with zero attached hydrogens (tertiary/aromatic N) is 4. The number of carbonyl (C=O) groups is 2. The number of aryl methyl sites for hydroxylation is 3. The van der Waals surface area contributed by atoms with Gasteiger partial charge in [-0.25, -0.2) is 9.58 Å². The van der Waals surface area contributed by atoms with Crippen LogP contribution in [-0.2, 0) is 16.0 Å². The number of hydrogen-bond donors (Lipinski definition) is 0. The van der Waals surface area contributed by atoms with Gasteiger partial charge in [0.15, 0.2) is 12.4 Å². The Balaban J connectivity index is 1.75. The molecule has 38 heavy (non-hydrogen) atoms. The van der Waals surface area contributed by atoms with Gasteiger partial charge in [0.25, 0.3) is 11.6 Å². The molecule has 1 aliphatic heterocycles. The average Bonchev–Trinajstić information content (AvgIpc) is 3.36. The molecule has 8 heteroatoms. The van der Waals surface area contributed by atoms with E-state index in [2.05, 4.69) is 5.10 Å². The van der Waals surface area contributed by atoms with E-state index in [1.54, 1.807) is 60.5 Å². The van der Waals surface area contributed by atoms with Crippen LogP contribution in [0.4, 0.5) is 5.69 Å². The van der Waals surface area contributed by atoms with Crippen molar-refractivity contribution >= 4 is 28.8 Å². The second-order valence-electron chi connectivity index (χ2n) is 9.23. The van der Waals surface area contributed by atoms with Gasteiger partial charge >= 0.3 is 5.91 Å². The summed E-state index contributed by atoms with van der Waals surface area (Å²) < 4.78 is 8.17. The van der Waals surface area contributed by atoms with Crippen LogP contribution in [-0.4, -0.2) is 28.7 Å². The zero-order chi connectivity index (χ0) is 27.0. The molecule has 2 aromatic heterocycles. The first-order valence-corrected chi connectivity index (χ1v) is 12.5. The molecule has 5 rings (SSSR count). The van der Waals surface area contributed by atoms with Crippen molar-refractivity contribution in [2.75, 3.05) is 12.0 Å². The van der Waals surface area contributed by atoms with Crippen LogP contribution in [0, 0.1) is 13.8 Å². The standard InChI is InChI=1S/C30H28N4O4/c1-5-9-23-25(29(36)34(31-23)24-15-10-19(2)18-20(24)3)26-27(32-16-7-6-8-17-32)30(37)33(28(26)35)21-11-13-22(38-4)14-12-21/h6-8,10-18H,5,9H2,1-4H3. The van der Waals surface area contributed by atoms with Crippen molar-refractivity contribution < 1.29 is 24.0 Å². The molecule has 3 heterocycles. The van der Waals surface area contributed by atoms with Gasteiger partial charge in [0, 0.05) is 17.7 Å². The van der Waals surface area contributed by atoms with Crippen LogP contribution in [0.15, 0.2) is 73.1 Å². The maximum atomic E-state index is 14.0. The highest BCUT2D eigenvalue weighted by molar-refractivity contribution is 6.53. The van der Waals surface area contributed by atoms with E-state index in [9.17, 15) is 14.7 Å². The van der Waals surface area contributed by atoms with Gasteiger partial charge in [0.1, 0.15) is 11.3 Å². The van der Waals surface area contributed by atoms with E-state index in [1.807, 2.05) is 45.0 Å². The summed E-state index contributed by atoms with van der Waals surface area (Å²) in [5.41, 5.74) is 3.79. The number of amides is 2. The molecule has 0 atom stereocenters. The zero-order valence-corrected chi connectivity index (χ0v) is 21.8. The Morgan fingerprint density at radius 3 is 2.32 bits per heavy atom. The zero-order valence-electron chi connectivity index (χ0n) is 21.8. The third-order valence-corrected chi connectivity index (χ3v) is 6.60. The predicted octanol–water partition coefficient (Wildman–Crippen LogP) is 3.75. The molecule has 2 amide bonds. The first kappa shape index (κ1) is 25.0. The molecule has 192 valence electrons. The summed E-state index contributed by atoms with van der Waals surface area (Å²) in [5, 5.41) is 18.7. The normalized spacial score (nSPS) is 13.5. The van der Waals surface area contributed by atoms with Crippen molar-refractivity contribution in [3.05, 3.63) is 95.4 Å². The molecule has 4 aromatic rings. The monoisotopic (exact) mass is 508 g/mol. The average molecular weight is 509 g/mol. The number of rotatable bonds is 7. The van der Waals surface area contributed by atoms with Crippen molar-refractivity contribution in [2.45, 2.75) is 33.6 Å². The number of anilines is 1. The Labute approximate surface area is 221 Å². The summed E-state index contributed by atoms with van der Waals surface area (Å²) >= 11 is 0. The van der Waals surface area contributed by atoms with E-state index in [0.29, 0.717) is 35.7 Å². The van der Waals surface area contributed by atoms with E-state index in [-0.39, 0.29) is 16.8 Å². The minimum absolute atomic E-state index is 0.0477. The van der Waals surface area contributed by atoms with Gasteiger partial charge in [-0.05, 0) is 62.0 Å². The molecule has 0 bridgehead atoms. The number of hydrogen-bond acceptors (Lipinski definition) is 5. The van der Waals surface area contributed by atoms with Crippen molar-refractivity contribution in [1.82, 2.24) is 9.78 Å². The highest BCUT2D eigenvalue weighted by Gasteiger charge is 2.47. The lowest BCUT2D eigenvalue weighted by molar-refractivity contribution is -0.576. The number of benzene rings is 2. The molecule has 0 N–H and O–H groups in total. The summed E-state index contributed by atoms with van der Waals surface area (Å²) in [7, 11) is 1.55. The molecule has 0 aliphatic carbocycles. The molecule has 2 aromatic carbocycles. The minimum Gasteiger partial charge on any atom is -0.858 e. The molecule has 0 fully saturated rings. The Kier molecular flexibility index (Phi) is 6.55. The van der Waals surface area contributed by atoms with E-state index in [4.69, 9.17) is 4.74 Å². The lowest BCUT2D eigenvalue weighted by atomic mass is 10.0. The van der Waals surface area contributed by atoms with Crippen LogP contribution < -0.4 is 19.3 Å². The van der Waals surface area contributed by atoms with Gasteiger partial charge in [0.05, 0.1) is 24.2 Å². The Morgan fingerprint density at radius 1 is 0.974 bits per heavy atom. The van der Waals surface area contributed by atoms with Crippen LogP contribution in [0.2, 0.25) is 0 Å². The summed E-state index contributed by atoms with van der Waals surface area (Å²) in [4.78, 5) is 29.0. The number of imide groups is 1. The number of carbonyl (C=O) groups excluding carboxylic acids is 2. The van der Waals surface area contributed by atoms with E-state index < -0.39 is 17.7 Å². The number of ether oxygens (including phenoxy) is 1. The molecular formula is C30H28N4O4. The number of aromatic nitrogens is 3. The summed E-state index contributed by atoms with van der Waals surface area (Å²) in [5.74, 6) is -0.920. The summed E-state index contributed by atoms with van der Waals surface area (Å²) in [6.07, 6.45) is 4.57. The third-order valence-electron chi connectivity index (χ3n) is 6.60. The largest absolute Gasteiger partial charge is 0.858 e. The van der Waals surface area contributed by atoms with Gasteiger partial charge in [-0.15, -0.1) is 0 Å². The van der Waals surface area contributed by atoms with Crippen LogP contribution >= 0.6 is 0 Å². The minimum atomic E-state index is -0.568. The summed E-state index contributed by atoms with van der Waals surface area (Å²) in [6.45, 7) is 5.89. The Bertz CT molecular complexity index is 1570. The molecule has 1 aliphatic rings. The fraction of sp³-hybridized carbons (Fsp3) is 0.200. The van der Waals surface area contributed by atoms with E-state index in [1.165, 1.54) is 4.68 Å². The van der Waals surface area contributed by atoms with Crippen molar-refractivity contribution in [3.63, 3.8) is 0 Å². The van der Waals surface area contributed by atoms with Gasteiger partial charge in [-0.3, -0.25) is 9.59 Å². The van der Waals surface area contributed by atoms with E-state index >= 15 is 0 Å². The first-order chi connectivity index (χ1) is 18.3. The second kappa shape index (κ2) is 9.97.